The van der Waals surface area contributed by atoms with Gasteiger partial charge in [0.2, 0.25) is 0 Å². The number of fused-ring (bicyclic) bond motifs is 7. The highest BCUT2D eigenvalue weighted by atomic mass is 15.0. The van der Waals surface area contributed by atoms with Gasteiger partial charge >= 0.3 is 0 Å². The van der Waals surface area contributed by atoms with E-state index < -0.39 is 0 Å². The van der Waals surface area contributed by atoms with Crippen LogP contribution in [-0.2, 0) is 0 Å². The number of nitrogens with zero attached hydrogens (tertiary/aromatic N) is 3. The predicted octanol–water partition coefficient (Wildman–Crippen LogP) is 9.86. The predicted molar refractivity (Wildman–Crippen MR) is 163 cm³/mol. The lowest BCUT2D eigenvalue weighted by atomic mass is 9.94. The Kier molecular flexibility index (Phi) is 4.59. The molecule has 0 fully saturated rings. The lowest BCUT2D eigenvalue weighted by molar-refractivity contribution is 1.18. The summed E-state index contributed by atoms with van der Waals surface area (Å²) in [5.41, 5.74) is 8.32. The summed E-state index contributed by atoms with van der Waals surface area (Å²) in [6.45, 7) is 7.52. The first kappa shape index (κ1) is 21.6. The third kappa shape index (κ3) is 3.19. The second-order valence-corrected chi connectivity index (χ2v) is 9.90. The fraction of sp³-hybridized carbons (Fsp3) is 0. The van der Waals surface area contributed by atoms with Crippen molar-refractivity contribution in [2.45, 2.75) is 0 Å². The van der Waals surface area contributed by atoms with Crippen LogP contribution < -0.4 is 0 Å². The van der Waals surface area contributed by atoms with Crippen LogP contribution in [0.15, 0.2) is 127 Å². The molecule has 0 N–H and O–H groups in total. The van der Waals surface area contributed by atoms with E-state index in [0.29, 0.717) is 5.69 Å². The Hall–Kier alpha value is -5.46. The van der Waals surface area contributed by atoms with Gasteiger partial charge in [-0.2, -0.15) is 0 Å². The van der Waals surface area contributed by atoms with E-state index in [-0.39, 0.29) is 0 Å². The Morgan fingerprint density at radius 1 is 0.564 bits per heavy atom. The van der Waals surface area contributed by atoms with Gasteiger partial charge in [0.05, 0.1) is 28.6 Å². The molecule has 2 heterocycles. The minimum atomic E-state index is 0.654. The largest absolute Gasteiger partial charge is 0.309 e. The van der Waals surface area contributed by atoms with Gasteiger partial charge in [-0.1, -0.05) is 91.0 Å². The zero-order valence-electron chi connectivity index (χ0n) is 21.0. The normalized spacial score (nSPS) is 11.6. The molecule has 0 unspecified atom stereocenters. The summed E-state index contributed by atoms with van der Waals surface area (Å²) >= 11 is 0. The average molecular weight is 496 g/mol. The Morgan fingerprint density at radius 3 is 2.23 bits per heavy atom. The third-order valence-electron chi connectivity index (χ3n) is 7.75. The number of pyridine rings is 1. The SMILES string of the molecule is [C-]#[N+]c1ccc2c(c1)c1ccccc1n2-c1cccc(-c2c3ccccc3nc3c2ccc2ccccc23)c1. The topological polar surface area (TPSA) is 22.2 Å². The number of hydrogen-bond donors (Lipinski definition) is 0. The molecule has 0 radical (unpaired) electrons. The van der Waals surface area contributed by atoms with E-state index in [9.17, 15) is 0 Å². The number of aromatic nitrogens is 2. The highest BCUT2D eigenvalue weighted by Crippen LogP contribution is 2.40. The Labute approximate surface area is 225 Å². The summed E-state index contributed by atoms with van der Waals surface area (Å²) in [5.74, 6) is 0. The van der Waals surface area contributed by atoms with E-state index in [4.69, 9.17) is 11.6 Å². The van der Waals surface area contributed by atoms with Crippen LogP contribution in [0.3, 0.4) is 0 Å². The van der Waals surface area contributed by atoms with Crippen LogP contribution >= 0.6 is 0 Å². The molecule has 2 aromatic heterocycles. The van der Waals surface area contributed by atoms with Crippen LogP contribution in [0, 0.1) is 6.57 Å². The lowest BCUT2D eigenvalue weighted by Crippen LogP contribution is -1.95. The molecule has 3 heteroatoms. The van der Waals surface area contributed by atoms with E-state index in [1.54, 1.807) is 0 Å². The van der Waals surface area contributed by atoms with Gasteiger partial charge in [0, 0.05) is 32.8 Å². The zero-order valence-corrected chi connectivity index (χ0v) is 21.0. The summed E-state index contributed by atoms with van der Waals surface area (Å²) in [5, 5.41) is 6.88. The lowest BCUT2D eigenvalue weighted by Gasteiger charge is -2.15. The monoisotopic (exact) mass is 495 g/mol. The third-order valence-corrected chi connectivity index (χ3v) is 7.75. The first-order valence-corrected chi connectivity index (χ1v) is 13.0. The number of hydrogen-bond acceptors (Lipinski definition) is 1. The van der Waals surface area contributed by atoms with Crippen molar-refractivity contribution in [2.24, 2.45) is 0 Å². The van der Waals surface area contributed by atoms with Crippen LogP contribution in [0.25, 0.3) is 76.0 Å². The van der Waals surface area contributed by atoms with Crippen molar-refractivity contribution in [1.82, 2.24) is 9.55 Å². The molecule has 3 nitrogen and oxygen atoms in total. The molecule has 0 atom stereocenters. The van der Waals surface area contributed by atoms with Crippen molar-refractivity contribution in [3.8, 4) is 16.8 Å². The molecule has 8 aromatic rings. The maximum atomic E-state index is 7.52. The quantitative estimate of drug-likeness (QED) is 0.133. The molecule has 0 spiro atoms. The van der Waals surface area contributed by atoms with Crippen molar-refractivity contribution in [2.75, 3.05) is 0 Å². The standard InChI is InChI=1S/C36H21N3/c1-37-25-18-20-34-31(22-25)28-13-5-7-16-33(28)39(34)26-11-8-10-24(21-26)35-29-14-4-6-15-32(29)38-36-27-12-3-2-9-23(27)17-19-30(35)36/h2-22H. The van der Waals surface area contributed by atoms with Crippen molar-refractivity contribution in [3.63, 3.8) is 0 Å². The molecule has 0 aliphatic heterocycles. The summed E-state index contributed by atoms with van der Waals surface area (Å²) in [4.78, 5) is 8.81. The van der Waals surface area contributed by atoms with Crippen molar-refractivity contribution < 1.29 is 0 Å². The minimum absolute atomic E-state index is 0.654. The molecule has 0 bridgehead atoms. The molecule has 180 valence electrons. The molecular formula is C36H21N3. The second-order valence-electron chi connectivity index (χ2n) is 9.90. The Bertz CT molecular complexity index is 2300. The minimum Gasteiger partial charge on any atom is -0.309 e. The van der Waals surface area contributed by atoms with E-state index in [2.05, 4.69) is 125 Å². The van der Waals surface area contributed by atoms with Gasteiger partial charge in [-0.05, 0) is 52.7 Å². The molecule has 0 aliphatic carbocycles. The molecule has 0 amide bonds. The maximum absolute atomic E-state index is 7.52. The fourth-order valence-corrected chi connectivity index (χ4v) is 6.05. The smallest absolute Gasteiger partial charge is 0.188 e. The first-order valence-electron chi connectivity index (χ1n) is 13.0. The van der Waals surface area contributed by atoms with Gasteiger partial charge in [0.1, 0.15) is 0 Å². The van der Waals surface area contributed by atoms with E-state index in [1.165, 1.54) is 10.9 Å². The molecule has 6 aromatic carbocycles. The fourth-order valence-electron chi connectivity index (χ4n) is 6.05. The van der Waals surface area contributed by atoms with Gasteiger partial charge in [-0.25, -0.2) is 9.83 Å². The van der Waals surface area contributed by atoms with Crippen LogP contribution in [0.4, 0.5) is 5.69 Å². The van der Waals surface area contributed by atoms with Gasteiger partial charge in [-0.15, -0.1) is 0 Å². The molecule has 8 rings (SSSR count). The van der Waals surface area contributed by atoms with Crippen LogP contribution in [0.5, 0.6) is 0 Å². The molecule has 0 saturated heterocycles. The zero-order chi connectivity index (χ0) is 25.9. The highest BCUT2D eigenvalue weighted by Gasteiger charge is 2.16. The van der Waals surface area contributed by atoms with Gasteiger partial charge in [0.25, 0.3) is 0 Å². The summed E-state index contributed by atoms with van der Waals surface area (Å²) in [6, 6.07) is 44.5. The van der Waals surface area contributed by atoms with Crippen molar-refractivity contribution in [1.29, 1.82) is 0 Å². The summed E-state index contributed by atoms with van der Waals surface area (Å²) < 4.78 is 2.31. The molecule has 0 aliphatic rings. The summed E-state index contributed by atoms with van der Waals surface area (Å²) in [7, 11) is 0. The highest BCUT2D eigenvalue weighted by molar-refractivity contribution is 6.17. The van der Waals surface area contributed by atoms with Crippen molar-refractivity contribution in [3.05, 3.63) is 139 Å². The van der Waals surface area contributed by atoms with E-state index in [0.717, 1.165) is 60.2 Å². The molecular weight excluding hydrogens is 474 g/mol. The first-order chi connectivity index (χ1) is 19.3. The van der Waals surface area contributed by atoms with Crippen molar-refractivity contribution >= 4 is 60.1 Å². The number of benzene rings is 6. The Morgan fingerprint density at radius 2 is 1.33 bits per heavy atom. The van der Waals surface area contributed by atoms with Crippen LogP contribution in [0.1, 0.15) is 0 Å². The van der Waals surface area contributed by atoms with Gasteiger partial charge in [-0.3, -0.25) is 0 Å². The van der Waals surface area contributed by atoms with Crippen LogP contribution in [0.2, 0.25) is 0 Å². The van der Waals surface area contributed by atoms with Crippen LogP contribution in [-0.4, -0.2) is 9.55 Å². The molecule has 39 heavy (non-hydrogen) atoms. The Balaban J connectivity index is 1.46. The summed E-state index contributed by atoms with van der Waals surface area (Å²) in [6.07, 6.45) is 0. The molecule has 0 saturated carbocycles. The maximum Gasteiger partial charge on any atom is 0.188 e. The van der Waals surface area contributed by atoms with Gasteiger partial charge < -0.3 is 4.57 Å². The van der Waals surface area contributed by atoms with Gasteiger partial charge in [0.15, 0.2) is 5.69 Å². The average Bonchev–Trinajstić information content (AvgIpc) is 3.33. The number of para-hydroxylation sites is 2. The number of rotatable bonds is 2. The van der Waals surface area contributed by atoms with E-state index >= 15 is 0 Å². The van der Waals surface area contributed by atoms with E-state index in [1.807, 2.05) is 12.1 Å². The second kappa shape index (κ2) is 8.28.